The number of hydrogen-bond donors (Lipinski definition) is 0. The molecule has 0 heterocycles. The minimum absolute atomic E-state index is 0.00822. The van der Waals surface area contributed by atoms with Gasteiger partial charge in [0.15, 0.2) is 5.78 Å². The SMILES string of the molecule is CC(=O)C(CCC(=O)OC(C)(C)C)(CCC(=O)OC(C)(C)C)C(=O)Cc1ccccc1. The molecule has 0 aliphatic carbocycles. The number of ketones is 2. The molecule has 0 N–H and O–H groups in total. The van der Waals surface area contributed by atoms with Crippen LogP contribution in [0.4, 0.5) is 0 Å². The van der Waals surface area contributed by atoms with Crippen LogP contribution in [-0.2, 0) is 35.1 Å². The molecule has 0 aliphatic heterocycles. The van der Waals surface area contributed by atoms with Gasteiger partial charge in [-0.15, -0.1) is 0 Å². The molecule has 0 amide bonds. The van der Waals surface area contributed by atoms with Crippen molar-refractivity contribution in [1.29, 1.82) is 0 Å². The average molecular weight is 433 g/mol. The van der Waals surface area contributed by atoms with E-state index in [4.69, 9.17) is 9.47 Å². The Kier molecular flexibility index (Phi) is 9.15. The number of carbonyl (C=O) groups is 4. The summed E-state index contributed by atoms with van der Waals surface area (Å²) >= 11 is 0. The number of esters is 2. The molecule has 31 heavy (non-hydrogen) atoms. The van der Waals surface area contributed by atoms with E-state index in [9.17, 15) is 19.2 Å². The van der Waals surface area contributed by atoms with Gasteiger partial charge in [-0.2, -0.15) is 0 Å². The maximum Gasteiger partial charge on any atom is 0.306 e. The molecule has 0 atom stereocenters. The second kappa shape index (κ2) is 10.7. The average Bonchev–Trinajstić information content (AvgIpc) is 2.59. The van der Waals surface area contributed by atoms with Crippen molar-refractivity contribution in [3.8, 4) is 0 Å². The largest absolute Gasteiger partial charge is 0.460 e. The van der Waals surface area contributed by atoms with Gasteiger partial charge in [0.05, 0.1) is 5.41 Å². The van der Waals surface area contributed by atoms with E-state index in [-0.39, 0.29) is 43.7 Å². The zero-order chi connectivity index (χ0) is 23.9. The zero-order valence-corrected chi connectivity index (χ0v) is 19.9. The summed E-state index contributed by atoms with van der Waals surface area (Å²) in [4.78, 5) is 50.7. The highest BCUT2D eigenvalue weighted by Crippen LogP contribution is 2.35. The zero-order valence-electron chi connectivity index (χ0n) is 19.9. The molecule has 172 valence electrons. The van der Waals surface area contributed by atoms with E-state index in [0.717, 1.165) is 5.56 Å². The number of hydrogen-bond acceptors (Lipinski definition) is 6. The van der Waals surface area contributed by atoms with Crippen LogP contribution in [0.3, 0.4) is 0 Å². The van der Waals surface area contributed by atoms with Crippen LogP contribution in [0.15, 0.2) is 30.3 Å². The second-order valence-electron chi connectivity index (χ2n) is 9.90. The van der Waals surface area contributed by atoms with Gasteiger partial charge in [0.25, 0.3) is 0 Å². The van der Waals surface area contributed by atoms with Crippen LogP contribution in [0.1, 0.15) is 79.7 Å². The van der Waals surface area contributed by atoms with Gasteiger partial charge < -0.3 is 9.47 Å². The van der Waals surface area contributed by atoms with Crippen molar-refractivity contribution in [2.75, 3.05) is 0 Å². The van der Waals surface area contributed by atoms with Crippen LogP contribution >= 0.6 is 0 Å². The van der Waals surface area contributed by atoms with Crippen molar-refractivity contribution in [1.82, 2.24) is 0 Å². The number of ether oxygens (including phenoxy) is 2. The van der Waals surface area contributed by atoms with Gasteiger partial charge >= 0.3 is 11.9 Å². The number of carbonyl (C=O) groups excluding carboxylic acids is 4. The summed E-state index contributed by atoms with van der Waals surface area (Å²) < 4.78 is 10.7. The highest BCUT2D eigenvalue weighted by atomic mass is 16.6. The van der Waals surface area contributed by atoms with Gasteiger partial charge in [-0.1, -0.05) is 30.3 Å². The minimum atomic E-state index is -1.45. The van der Waals surface area contributed by atoms with E-state index in [2.05, 4.69) is 0 Å². The Morgan fingerprint density at radius 3 is 1.52 bits per heavy atom. The first-order chi connectivity index (χ1) is 14.1. The van der Waals surface area contributed by atoms with E-state index < -0.39 is 28.6 Å². The molecule has 0 aliphatic rings. The number of Topliss-reactive ketones (excluding diaryl/α,β-unsaturated/α-hetero) is 2. The third-order valence-electron chi connectivity index (χ3n) is 4.77. The highest BCUT2D eigenvalue weighted by molar-refractivity contribution is 6.07. The molecule has 1 aromatic rings. The molecule has 0 saturated carbocycles. The summed E-state index contributed by atoms with van der Waals surface area (Å²) in [6, 6.07) is 9.10. The fourth-order valence-corrected chi connectivity index (χ4v) is 3.32. The van der Waals surface area contributed by atoms with Gasteiger partial charge in [0.2, 0.25) is 0 Å². The van der Waals surface area contributed by atoms with Crippen molar-refractivity contribution in [2.45, 2.75) is 91.8 Å². The van der Waals surface area contributed by atoms with Crippen LogP contribution in [0, 0.1) is 5.41 Å². The lowest BCUT2D eigenvalue weighted by atomic mass is 9.71. The van der Waals surface area contributed by atoms with Crippen molar-refractivity contribution >= 4 is 23.5 Å². The summed E-state index contributed by atoms with van der Waals surface area (Å²) in [6.07, 6.45) is -0.155. The molecule has 1 aromatic carbocycles. The van der Waals surface area contributed by atoms with Crippen LogP contribution in [0.2, 0.25) is 0 Å². The summed E-state index contributed by atoms with van der Waals surface area (Å²) in [7, 11) is 0. The van der Waals surface area contributed by atoms with Crippen molar-refractivity contribution < 1.29 is 28.7 Å². The molecular formula is C25H36O6. The molecule has 0 radical (unpaired) electrons. The number of rotatable bonds is 10. The fraction of sp³-hybridized carbons (Fsp3) is 0.600. The monoisotopic (exact) mass is 432 g/mol. The molecule has 6 nitrogen and oxygen atoms in total. The summed E-state index contributed by atoms with van der Waals surface area (Å²) in [5.41, 5.74) is -2.02. The predicted molar refractivity (Wildman–Crippen MR) is 118 cm³/mol. The van der Waals surface area contributed by atoms with Crippen LogP contribution in [-0.4, -0.2) is 34.7 Å². The van der Waals surface area contributed by atoms with Crippen LogP contribution in [0.25, 0.3) is 0 Å². The third kappa shape index (κ3) is 9.45. The Labute approximate surface area is 185 Å². The van der Waals surface area contributed by atoms with Gasteiger partial charge in [-0.3, -0.25) is 19.2 Å². The van der Waals surface area contributed by atoms with E-state index in [1.165, 1.54) is 6.92 Å². The minimum Gasteiger partial charge on any atom is -0.460 e. The molecule has 0 bridgehead atoms. The highest BCUT2D eigenvalue weighted by Gasteiger charge is 2.43. The lowest BCUT2D eigenvalue weighted by Gasteiger charge is -2.31. The van der Waals surface area contributed by atoms with E-state index in [0.29, 0.717) is 0 Å². The molecule has 0 fully saturated rings. The molecule has 0 saturated heterocycles. The third-order valence-corrected chi connectivity index (χ3v) is 4.77. The summed E-state index contributed by atoms with van der Waals surface area (Å²) in [6.45, 7) is 11.9. The molecule has 0 aromatic heterocycles. The Bertz CT molecular complexity index is 748. The first-order valence-electron chi connectivity index (χ1n) is 10.7. The lowest BCUT2D eigenvalue weighted by molar-refractivity contribution is -0.156. The summed E-state index contributed by atoms with van der Waals surface area (Å²) in [5.74, 6) is -1.63. The maximum absolute atomic E-state index is 13.3. The van der Waals surface area contributed by atoms with Crippen LogP contribution < -0.4 is 0 Å². The molecule has 6 heteroatoms. The molecular weight excluding hydrogens is 396 g/mol. The van der Waals surface area contributed by atoms with Gasteiger partial charge in [-0.05, 0) is 66.9 Å². The van der Waals surface area contributed by atoms with E-state index in [1.54, 1.807) is 41.5 Å². The van der Waals surface area contributed by atoms with Crippen molar-refractivity contribution in [3.05, 3.63) is 35.9 Å². The van der Waals surface area contributed by atoms with Crippen molar-refractivity contribution in [2.24, 2.45) is 5.41 Å². The first kappa shape index (κ1) is 26.5. The molecule has 1 rings (SSSR count). The van der Waals surface area contributed by atoms with E-state index >= 15 is 0 Å². The maximum atomic E-state index is 13.3. The second-order valence-corrected chi connectivity index (χ2v) is 9.90. The van der Waals surface area contributed by atoms with Gasteiger partial charge in [0.1, 0.15) is 17.0 Å². The Morgan fingerprint density at radius 1 is 0.742 bits per heavy atom. The molecule has 0 spiro atoms. The van der Waals surface area contributed by atoms with E-state index in [1.807, 2.05) is 30.3 Å². The fourth-order valence-electron chi connectivity index (χ4n) is 3.32. The summed E-state index contributed by atoms with van der Waals surface area (Å²) in [5, 5.41) is 0. The molecule has 0 unspecified atom stereocenters. The Morgan fingerprint density at radius 2 is 1.16 bits per heavy atom. The van der Waals surface area contributed by atoms with Gasteiger partial charge in [-0.25, -0.2) is 0 Å². The van der Waals surface area contributed by atoms with Gasteiger partial charge in [0, 0.05) is 19.3 Å². The topological polar surface area (TPSA) is 86.7 Å². The lowest BCUT2D eigenvalue weighted by Crippen LogP contribution is -2.41. The number of benzene rings is 1. The smallest absolute Gasteiger partial charge is 0.306 e. The van der Waals surface area contributed by atoms with Crippen LogP contribution in [0.5, 0.6) is 0 Å². The van der Waals surface area contributed by atoms with Crippen molar-refractivity contribution in [3.63, 3.8) is 0 Å². The first-order valence-corrected chi connectivity index (χ1v) is 10.7. The standard InChI is InChI=1S/C25H36O6/c1-18(26)25(15-13-21(28)30-23(2,3)4,16-14-22(29)31-24(5,6)7)20(27)17-19-11-9-8-10-12-19/h8-12H,13-17H2,1-7H3. The Hall–Kier alpha value is -2.50. The Balaban J connectivity index is 3.10. The quantitative estimate of drug-likeness (QED) is 0.396. The normalized spacial score (nSPS) is 12.2. The predicted octanol–water partition coefficient (Wildman–Crippen LogP) is 4.62.